The molecule has 0 heterocycles. The fourth-order valence-corrected chi connectivity index (χ4v) is 2.62. The first kappa shape index (κ1) is 14.8. The molecule has 1 aliphatic rings. The molecule has 2 unspecified atom stereocenters. The van der Waals surface area contributed by atoms with Gasteiger partial charge in [-0.05, 0) is 37.5 Å². The summed E-state index contributed by atoms with van der Waals surface area (Å²) in [5.41, 5.74) is 0.977. The van der Waals surface area contributed by atoms with Crippen molar-refractivity contribution < 1.29 is 14.3 Å². The Hall–Kier alpha value is -1.62. The summed E-state index contributed by atoms with van der Waals surface area (Å²) in [6, 6.07) is 4.24. The highest BCUT2D eigenvalue weighted by Crippen LogP contribution is 2.24. The standard InChI is InChI=1S/C15H21FN2O2/c1-10-6-7-12(8-13(10)16)17-15(20)18-14-5-3-2-4-11(14)9-19/h6-8,11,14,19H,2-5,9H2,1H3,(H2,17,18,20). The zero-order valence-corrected chi connectivity index (χ0v) is 11.7. The van der Waals surface area contributed by atoms with E-state index in [1.165, 1.54) is 6.07 Å². The monoisotopic (exact) mass is 280 g/mol. The molecule has 3 N–H and O–H groups in total. The van der Waals surface area contributed by atoms with Crippen molar-refractivity contribution in [2.24, 2.45) is 5.92 Å². The Morgan fingerprint density at radius 2 is 2.15 bits per heavy atom. The highest BCUT2D eigenvalue weighted by atomic mass is 19.1. The Kier molecular flexibility index (Phi) is 4.95. The van der Waals surface area contributed by atoms with Gasteiger partial charge >= 0.3 is 6.03 Å². The lowest BCUT2D eigenvalue weighted by molar-refractivity contribution is 0.156. The number of carbonyl (C=O) groups excluding carboxylic acids is 1. The number of rotatable bonds is 3. The quantitative estimate of drug-likeness (QED) is 0.797. The molecule has 110 valence electrons. The normalized spacial score (nSPS) is 22.4. The van der Waals surface area contributed by atoms with Gasteiger partial charge in [0.25, 0.3) is 0 Å². The van der Waals surface area contributed by atoms with E-state index in [2.05, 4.69) is 10.6 Å². The summed E-state index contributed by atoms with van der Waals surface area (Å²) in [6.45, 7) is 1.76. The van der Waals surface area contributed by atoms with Crippen LogP contribution in [0.15, 0.2) is 18.2 Å². The molecule has 20 heavy (non-hydrogen) atoms. The van der Waals surface area contributed by atoms with Gasteiger partial charge in [-0.15, -0.1) is 0 Å². The molecule has 5 heteroatoms. The molecular weight excluding hydrogens is 259 g/mol. The summed E-state index contributed by atoms with van der Waals surface area (Å²) in [5.74, 6) is -0.224. The third-order valence-corrected chi connectivity index (χ3v) is 3.89. The minimum absolute atomic E-state index is 0.0101. The van der Waals surface area contributed by atoms with Crippen molar-refractivity contribution in [1.29, 1.82) is 0 Å². The second kappa shape index (κ2) is 6.70. The Morgan fingerprint density at radius 1 is 1.40 bits per heavy atom. The number of urea groups is 1. The summed E-state index contributed by atoms with van der Waals surface area (Å²) in [5, 5.41) is 14.8. The minimum Gasteiger partial charge on any atom is -0.396 e. The number of amides is 2. The number of hydrogen-bond acceptors (Lipinski definition) is 2. The zero-order valence-electron chi connectivity index (χ0n) is 11.7. The number of aryl methyl sites for hydroxylation is 1. The topological polar surface area (TPSA) is 61.4 Å². The predicted octanol–water partition coefficient (Wildman–Crippen LogP) is 2.81. The van der Waals surface area contributed by atoms with Crippen LogP contribution in [-0.2, 0) is 0 Å². The largest absolute Gasteiger partial charge is 0.396 e. The average Bonchev–Trinajstić information content (AvgIpc) is 2.43. The molecule has 1 aliphatic carbocycles. The van der Waals surface area contributed by atoms with E-state index in [1.54, 1.807) is 19.1 Å². The van der Waals surface area contributed by atoms with Crippen molar-refractivity contribution in [3.05, 3.63) is 29.6 Å². The molecule has 4 nitrogen and oxygen atoms in total. The van der Waals surface area contributed by atoms with Crippen LogP contribution < -0.4 is 10.6 Å². The van der Waals surface area contributed by atoms with E-state index in [4.69, 9.17) is 0 Å². The fraction of sp³-hybridized carbons (Fsp3) is 0.533. The van der Waals surface area contributed by atoms with E-state index in [0.29, 0.717) is 11.3 Å². The number of nitrogens with one attached hydrogen (secondary N) is 2. The van der Waals surface area contributed by atoms with Crippen LogP contribution in [0, 0.1) is 18.7 Å². The minimum atomic E-state index is -0.349. The van der Waals surface area contributed by atoms with E-state index < -0.39 is 0 Å². The second-order valence-electron chi connectivity index (χ2n) is 5.40. The molecule has 2 atom stereocenters. The van der Waals surface area contributed by atoms with Crippen molar-refractivity contribution in [2.75, 3.05) is 11.9 Å². The third kappa shape index (κ3) is 3.70. The Morgan fingerprint density at radius 3 is 2.85 bits per heavy atom. The summed E-state index contributed by atoms with van der Waals surface area (Å²) in [6.07, 6.45) is 3.95. The van der Waals surface area contributed by atoms with Crippen LogP contribution in [0.25, 0.3) is 0 Å². The molecule has 0 spiro atoms. The number of halogens is 1. The number of benzene rings is 1. The van der Waals surface area contributed by atoms with E-state index in [9.17, 15) is 14.3 Å². The van der Waals surface area contributed by atoms with E-state index in [1.807, 2.05) is 0 Å². The van der Waals surface area contributed by atoms with Crippen molar-refractivity contribution in [3.63, 3.8) is 0 Å². The van der Waals surface area contributed by atoms with Gasteiger partial charge in [0.2, 0.25) is 0 Å². The van der Waals surface area contributed by atoms with Gasteiger partial charge in [-0.1, -0.05) is 18.9 Å². The van der Waals surface area contributed by atoms with Crippen LogP contribution in [0.2, 0.25) is 0 Å². The number of hydrogen-bond donors (Lipinski definition) is 3. The van der Waals surface area contributed by atoms with Crippen LogP contribution in [0.3, 0.4) is 0 Å². The van der Waals surface area contributed by atoms with Gasteiger partial charge in [-0.25, -0.2) is 9.18 Å². The number of carbonyl (C=O) groups is 1. The van der Waals surface area contributed by atoms with Gasteiger partial charge in [-0.3, -0.25) is 0 Å². The van der Waals surface area contributed by atoms with Gasteiger partial charge in [0.15, 0.2) is 0 Å². The lowest BCUT2D eigenvalue weighted by Crippen LogP contribution is -2.45. The van der Waals surface area contributed by atoms with Gasteiger partial charge in [-0.2, -0.15) is 0 Å². The van der Waals surface area contributed by atoms with Crippen LogP contribution in [-0.4, -0.2) is 23.8 Å². The molecule has 1 fully saturated rings. The Bertz CT molecular complexity index is 479. The first-order valence-corrected chi connectivity index (χ1v) is 7.04. The maximum absolute atomic E-state index is 13.4. The first-order valence-electron chi connectivity index (χ1n) is 7.04. The Balaban J connectivity index is 1.92. The second-order valence-corrected chi connectivity index (χ2v) is 5.40. The van der Waals surface area contributed by atoms with Crippen molar-refractivity contribution in [2.45, 2.75) is 38.6 Å². The predicted molar refractivity (Wildman–Crippen MR) is 76.1 cm³/mol. The molecule has 1 aromatic rings. The van der Waals surface area contributed by atoms with Gasteiger partial charge < -0.3 is 15.7 Å². The van der Waals surface area contributed by atoms with Crippen molar-refractivity contribution in [3.8, 4) is 0 Å². The third-order valence-electron chi connectivity index (χ3n) is 3.89. The Labute approximate surface area is 118 Å². The zero-order chi connectivity index (χ0) is 14.5. The van der Waals surface area contributed by atoms with E-state index in [-0.39, 0.29) is 30.4 Å². The van der Waals surface area contributed by atoms with Gasteiger partial charge in [0.05, 0.1) is 0 Å². The number of aliphatic hydroxyl groups excluding tert-OH is 1. The molecule has 1 aromatic carbocycles. The van der Waals surface area contributed by atoms with Crippen LogP contribution in [0.4, 0.5) is 14.9 Å². The molecular formula is C15H21FN2O2. The van der Waals surface area contributed by atoms with Gasteiger partial charge in [0.1, 0.15) is 5.82 Å². The molecule has 0 bridgehead atoms. The lowest BCUT2D eigenvalue weighted by Gasteiger charge is -2.30. The van der Waals surface area contributed by atoms with E-state index in [0.717, 1.165) is 25.7 Å². The number of aliphatic hydroxyl groups is 1. The summed E-state index contributed by atoms with van der Waals surface area (Å²) >= 11 is 0. The molecule has 0 saturated heterocycles. The number of anilines is 1. The molecule has 1 saturated carbocycles. The van der Waals surface area contributed by atoms with E-state index >= 15 is 0 Å². The van der Waals surface area contributed by atoms with Crippen LogP contribution in [0.5, 0.6) is 0 Å². The van der Waals surface area contributed by atoms with Gasteiger partial charge in [0, 0.05) is 24.3 Å². The van der Waals surface area contributed by atoms with Crippen LogP contribution in [0.1, 0.15) is 31.2 Å². The van der Waals surface area contributed by atoms with Crippen LogP contribution >= 0.6 is 0 Å². The SMILES string of the molecule is Cc1ccc(NC(=O)NC2CCCCC2CO)cc1F. The molecule has 2 amide bonds. The summed E-state index contributed by atoms with van der Waals surface area (Å²) in [7, 11) is 0. The summed E-state index contributed by atoms with van der Waals surface area (Å²) in [4.78, 5) is 11.9. The van der Waals surface area contributed by atoms with Crippen molar-refractivity contribution >= 4 is 11.7 Å². The molecule has 0 aromatic heterocycles. The lowest BCUT2D eigenvalue weighted by atomic mass is 9.85. The van der Waals surface area contributed by atoms with Crippen molar-refractivity contribution in [1.82, 2.24) is 5.32 Å². The summed E-state index contributed by atoms with van der Waals surface area (Å²) < 4.78 is 13.4. The maximum Gasteiger partial charge on any atom is 0.319 e. The molecule has 0 aliphatic heterocycles. The first-order chi connectivity index (χ1) is 9.60. The average molecular weight is 280 g/mol. The smallest absolute Gasteiger partial charge is 0.319 e. The highest BCUT2D eigenvalue weighted by Gasteiger charge is 2.25. The highest BCUT2D eigenvalue weighted by molar-refractivity contribution is 5.89. The molecule has 0 radical (unpaired) electrons. The fourth-order valence-electron chi connectivity index (χ4n) is 2.62. The maximum atomic E-state index is 13.4. The molecule has 2 rings (SSSR count).